The Balaban J connectivity index is 0.000000289. The zero-order valence-corrected chi connectivity index (χ0v) is 15.4. The van der Waals surface area contributed by atoms with Crippen molar-refractivity contribution in [3.8, 4) is 11.5 Å². The van der Waals surface area contributed by atoms with Crippen molar-refractivity contribution >= 4 is 22.3 Å². The fourth-order valence-corrected chi connectivity index (χ4v) is 2.16. The maximum Gasteiger partial charge on any atom is 0.294 e. The average molecular weight is 396 g/mol. The third-order valence-corrected chi connectivity index (χ3v) is 3.92. The molecule has 0 amide bonds. The van der Waals surface area contributed by atoms with Crippen LogP contribution in [0.25, 0.3) is 0 Å². The van der Waals surface area contributed by atoms with E-state index in [-0.39, 0.29) is 15.8 Å². The first kappa shape index (κ1) is 21.9. The first-order valence-corrected chi connectivity index (χ1v) is 8.76. The van der Waals surface area contributed by atoms with E-state index in [2.05, 4.69) is 5.10 Å². The van der Waals surface area contributed by atoms with Gasteiger partial charge in [-0.15, -0.1) is 5.17 Å². The molecule has 0 spiro atoms. The molecule has 0 heterocycles. The lowest BCUT2D eigenvalue weighted by Gasteiger charge is -2.06. The first-order chi connectivity index (χ1) is 12.5. The third kappa shape index (κ3) is 7.32. The predicted octanol–water partition coefficient (Wildman–Crippen LogP) is 1.56. The van der Waals surface area contributed by atoms with E-state index in [1.54, 1.807) is 24.3 Å². The van der Waals surface area contributed by atoms with Crippen molar-refractivity contribution < 1.29 is 28.0 Å². The maximum absolute atomic E-state index is 10.5. The fourth-order valence-electron chi connectivity index (χ4n) is 1.68. The van der Waals surface area contributed by atoms with Crippen LogP contribution in [0.1, 0.15) is 11.1 Å². The Morgan fingerprint density at radius 1 is 1.26 bits per heavy atom. The van der Waals surface area contributed by atoms with E-state index in [9.17, 15) is 13.5 Å². The summed E-state index contributed by atoms with van der Waals surface area (Å²) in [5, 5.41) is 28.9. The second-order valence-corrected chi connectivity index (χ2v) is 6.56. The quantitative estimate of drug-likeness (QED) is 0.224. The standard InChI is InChI=1S/C9H12N4O3.C7H8O3S/c1-16-8-3-2-6(4-7(8)14)5-12-13(15)9(10)11;1-6-2-4-7(5-3-6)11(8,9)10/h2-5,14-15H,1H3,(H3,10,11);2-5H,1H3,(H,8,9,10)/b12-5+;. The Kier molecular flexibility index (Phi) is 7.72. The van der Waals surface area contributed by atoms with E-state index < -0.39 is 16.1 Å². The molecule has 27 heavy (non-hydrogen) atoms. The van der Waals surface area contributed by atoms with E-state index in [0.717, 1.165) is 5.56 Å². The summed E-state index contributed by atoms with van der Waals surface area (Å²) in [6.45, 7) is 1.84. The molecule has 11 heteroatoms. The molecule has 0 fully saturated rings. The number of nitrogens with two attached hydrogens (primary N) is 1. The van der Waals surface area contributed by atoms with Crippen LogP contribution in [0.3, 0.4) is 0 Å². The molecule has 146 valence electrons. The molecule has 0 unspecified atom stereocenters. The van der Waals surface area contributed by atoms with Gasteiger partial charge in [-0.05, 0) is 42.8 Å². The number of guanidine groups is 1. The van der Waals surface area contributed by atoms with Gasteiger partial charge in [0.15, 0.2) is 11.5 Å². The van der Waals surface area contributed by atoms with Crippen molar-refractivity contribution in [3.63, 3.8) is 0 Å². The summed E-state index contributed by atoms with van der Waals surface area (Å²) >= 11 is 0. The normalized spacial score (nSPS) is 10.8. The first-order valence-electron chi connectivity index (χ1n) is 7.32. The zero-order valence-electron chi connectivity index (χ0n) is 14.6. The Hall–Kier alpha value is -3.15. The highest BCUT2D eigenvalue weighted by molar-refractivity contribution is 7.85. The van der Waals surface area contributed by atoms with Crippen LogP contribution in [0.2, 0.25) is 0 Å². The molecule has 2 aromatic rings. The second kappa shape index (κ2) is 9.52. The lowest BCUT2D eigenvalue weighted by molar-refractivity contribution is -0.0139. The van der Waals surface area contributed by atoms with Crippen LogP contribution in [0, 0.1) is 12.3 Å². The Morgan fingerprint density at radius 3 is 2.30 bits per heavy atom. The monoisotopic (exact) mass is 396 g/mol. The summed E-state index contributed by atoms with van der Waals surface area (Å²) in [5.41, 5.74) is 6.43. The molecular formula is C16H20N4O6S. The van der Waals surface area contributed by atoms with Crippen LogP contribution in [-0.4, -0.2) is 47.7 Å². The van der Waals surface area contributed by atoms with Crippen LogP contribution < -0.4 is 10.5 Å². The van der Waals surface area contributed by atoms with Crippen LogP contribution in [0.4, 0.5) is 0 Å². The number of aromatic hydroxyl groups is 1. The average Bonchev–Trinajstić information content (AvgIpc) is 2.59. The molecule has 6 N–H and O–H groups in total. The summed E-state index contributed by atoms with van der Waals surface area (Å²) in [4.78, 5) is -0.0666. The molecule has 2 aromatic carbocycles. The topological polar surface area (TPSA) is 170 Å². The molecule has 0 bridgehead atoms. The van der Waals surface area contributed by atoms with Crippen molar-refractivity contribution in [1.29, 1.82) is 5.41 Å². The van der Waals surface area contributed by atoms with Gasteiger partial charge in [0.25, 0.3) is 10.1 Å². The van der Waals surface area contributed by atoms with Gasteiger partial charge in [0.1, 0.15) is 0 Å². The minimum absolute atomic E-state index is 0.0428. The van der Waals surface area contributed by atoms with Gasteiger partial charge in [0, 0.05) is 0 Å². The van der Waals surface area contributed by atoms with Gasteiger partial charge in [-0.2, -0.15) is 13.5 Å². The molecule has 0 radical (unpaired) electrons. The lowest BCUT2D eigenvalue weighted by atomic mass is 10.2. The Labute approximate surface area is 156 Å². The van der Waals surface area contributed by atoms with E-state index >= 15 is 0 Å². The van der Waals surface area contributed by atoms with Crippen LogP contribution in [0.15, 0.2) is 52.5 Å². The lowest BCUT2D eigenvalue weighted by Crippen LogP contribution is -2.28. The number of nitrogens with one attached hydrogen (secondary N) is 1. The number of hydrazone groups is 1. The van der Waals surface area contributed by atoms with Gasteiger partial charge in [-0.1, -0.05) is 17.7 Å². The summed E-state index contributed by atoms with van der Waals surface area (Å²) in [6, 6.07) is 10.6. The molecule has 0 aromatic heterocycles. The highest BCUT2D eigenvalue weighted by atomic mass is 32.2. The third-order valence-electron chi connectivity index (χ3n) is 3.05. The number of hydrogen-bond acceptors (Lipinski definition) is 7. The van der Waals surface area contributed by atoms with Crippen molar-refractivity contribution in [3.05, 3.63) is 53.6 Å². The number of ether oxygens (including phenoxy) is 1. The van der Waals surface area contributed by atoms with Crippen LogP contribution in [-0.2, 0) is 10.1 Å². The molecule has 0 saturated heterocycles. The highest BCUT2D eigenvalue weighted by Gasteiger charge is 2.06. The number of hydroxylamine groups is 1. The molecule has 0 saturated carbocycles. The molecule has 0 aliphatic heterocycles. The SMILES string of the molecule is COc1ccc(/C=N/N(O)C(=N)N)cc1O.Cc1ccc(S(=O)(=O)O)cc1. The molecule has 10 nitrogen and oxygen atoms in total. The van der Waals surface area contributed by atoms with Crippen LogP contribution >= 0.6 is 0 Å². The van der Waals surface area contributed by atoms with E-state index in [1.807, 2.05) is 6.92 Å². The van der Waals surface area contributed by atoms with Crippen molar-refractivity contribution in [2.24, 2.45) is 10.8 Å². The fraction of sp³-hybridized carbons (Fsp3) is 0.125. The number of methoxy groups -OCH3 is 1. The van der Waals surface area contributed by atoms with Crippen LogP contribution in [0.5, 0.6) is 11.5 Å². The predicted molar refractivity (Wildman–Crippen MR) is 98.8 cm³/mol. The van der Waals surface area contributed by atoms with Gasteiger partial charge >= 0.3 is 0 Å². The highest BCUT2D eigenvalue weighted by Crippen LogP contribution is 2.25. The number of nitrogens with zero attached hydrogens (tertiary/aromatic N) is 2. The van der Waals surface area contributed by atoms with E-state index in [0.29, 0.717) is 11.3 Å². The van der Waals surface area contributed by atoms with E-state index in [4.69, 9.17) is 25.6 Å². The van der Waals surface area contributed by atoms with E-state index in [1.165, 1.54) is 31.5 Å². The van der Waals surface area contributed by atoms with Gasteiger partial charge in [-0.3, -0.25) is 15.2 Å². The smallest absolute Gasteiger partial charge is 0.294 e. The number of phenolic OH excluding ortho intramolecular Hbond substituents is 1. The Morgan fingerprint density at radius 2 is 1.85 bits per heavy atom. The maximum atomic E-state index is 10.5. The summed E-state index contributed by atoms with van der Waals surface area (Å²) in [6.07, 6.45) is 1.24. The molecular weight excluding hydrogens is 376 g/mol. The summed E-state index contributed by atoms with van der Waals surface area (Å²) < 4.78 is 34.4. The number of aryl methyl sites for hydroxylation is 1. The molecule has 0 aliphatic carbocycles. The minimum atomic E-state index is -4.02. The largest absolute Gasteiger partial charge is 0.504 e. The molecule has 0 atom stereocenters. The van der Waals surface area contributed by atoms with Crippen molar-refractivity contribution in [2.75, 3.05) is 7.11 Å². The number of benzene rings is 2. The van der Waals surface area contributed by atoms with Gasteiger partial charge in [0.2, 0.25) is 5.96 Å². The van der Waals surface area contributed by atoms with Crippen molar-refractivity contribution in [2.45, 2.75) is 11.8 Å². The number of hydrogen-bond donors (Lipinski definition) is 5. The summed E-state index contributed by atoms with van der Waals surface area (Å²) in [5.74, 6) is -0.308. The number of rotatable bonds is 4. The molecule has 2 rings (SSSR count). The van der Waals surface area contributed by atoms with Gasteiger partial charge < -0.3 is 15.6 Å². The Bertz CT molecular complexity index is 913. The van der Waals surface area contributed by atoms with Crippen molar-refractivity contribution in [1.82, 2.24) is 5.17 Å². The minimum Gasteiger partial charge on any atom is -0.504 e. The van der Waals surface area contributed by atoms with Gasteiger partial charge in [-0.25, -0.2) is 0 Å². The number of phenols is 1. The molecule has 0 aliphatic rings. The zero-order chi connectivity index (χ0) is 20.6. The summed E-state index contributed by atoms with van der Waals surface area (Å²) in [7, 11) is -2.58. The van der Waals surface area contributed by atoms with Gasteiger partial charge in [0.05, 0.1) is 18.2 Å². The second-order valence-electron chi connectivity index (χ2n) is 5.14.